The number of methoxy groups -OCH3 is 1. The Hall–Kier alpha value is -2.39. The van der Waals surface area contributed by atoms with Crippen LogP contribution in [-0.2, 0) is 35.1 Å². The molecular weight excluding hydrogens is 408 g/mol. The van der Waals surface area contributed by atoms with Gasteiger partial charge in [-0.2, -0.15) is 0 Å². The SMILES string of the molecule is COC(=O)[C@@H]1O[C@@H](Sc2ccccc2)[C@H](OC(C)=O)[C@@H](OCc2ccccc2)[C@@H]1O. The molecule has 30 heavy (non-hydrogen) atoms. The average Bonchev–Trinajstić information content (AvgIpc) is 2.75. The maximum Gasteiger partial charge on any atom is 0.337 e. The molecule has 0 aromatic heterocycles. The molecule has 1 N–H and O–H groups in total. The molecule has 0 spiro atoms. The predicted molar refractivity (Wildman–Crippen MR) is 110 cm³/mol. The normalized spacial score (nSPS) is 26.0. The van der Waals surface area contributed by atoms with Crippen molar-refractivity contribution in [3.63, 3.8) is 0 Å². The predicted octanol–water partition coefficient (Wildman–Crippen LogP) is 2.55. The summed E-state index contributed by atoms with van der Waals surface area (Å²) in [5.74, 6) is -1.27. The largest absolute Gasteiger partial charge is 0.467 e. The lowest BCUT2D eigenvalue weighted by atomic mass is 9.99. The second-order valence-corrected chi connectivity index (χ2v) is 7.88. The van der Waals surface area contributed by atoms with Crippen molar-refractivity contribution in [1.29, 1.82) is 0 Å². The minimum atomic E-state index is -1.38. The maximum atomic E-state index is 12.2. The standard InChI is InChI=1S/C22H24O7S/c1-14(23)28-20-18(27-13-15-9-5-3-6-10-15)17(24)19(21(25)26-2)29-22(20)30-16-11-7-4-8-12-16/h3-12,17-20,22,24H,13H2,1-2H3/t17-,18-,19+,20+,22-/m0/s1. The van der Waals surface area contributed by atoms with Crippen LogP contribution in [0.5, 0.6) is 0 Å². The highest BCUT2D eigenvalue weighted by atomic mass is 32.2. The summed E-state index contributed by atoms with van der Waals surface area (Å²) in [6, 6.07) is 18.7. The smallest absolute Gasteiger partial charge is 0.337 e. The molecule has 2 aromatic carbocycles. The topological polar surface area (TPSA) is 91.3 Å². The Bertz CT molecular complexity index is 830. The maximum absolute atomic E-state index is 12.2. The van der Waals surface area contributed by atoms with Crippen LogP contribution in [0.4, 0.5) is 0 Å². The first-order chi connectivity index (χ1) is 14.5. The van der Waals surface area contributed by atoms with Gasteiger partial charge in [-0.1, -0.05) is 60.3 Å². The monoisotopic (exact) mass is 432 g/mol. The van der Waals surface area contributed by atoms with E-state index >= 15 is 0 Å². The Morgan fingerprint density at radius 2 is 1.67 bits per heavy atom. The molecule has 0 unspecified atom stereocenters. The van der Waals surface area contributed by atoms with E-state index in [2.05, 4.69) is 0 Å². The van der Waals surface area contributed by atoms with Crippen LogP contribution in [-0.4, -0.2) is 54.0 Å². The first-order valence-electron chi connectivity index (χ1n) is 9.45. The molecule has 1 aliphatic rings. The lowest BCUT2D eigenvalue weighted by molar-refractivity contribution is -0.231. The van der Waals surface area contributed by atoms with Gasteiger partial charge in [0, 0.05) is 11.8 Å². The van der Waals surface area contributed by atoms with Gasteiger partial charge in [-0.15, -0.1) is 0 Å². The number of thioether (sulfide) groups is 1. The third kappa shape index (κ3) is 5.60. The van der Waals surface area contributed by atoms with Gasteiger partial charge in [-0.25, -0.2) is 4.79 Å². The first kappa shape index (κ1) is 22.3. The number of carbonyl (C=O) groups excluding carboxylic acids is 2. The summed E-state index contributed by atoms with van der Waals surface area (Å²) in [5, 5.41) is 10.8. The molecule has 0 radical (unpaired) electrons. The van der Waals surface area contributed by atoms with Crippen LogP contribution in [0.3, 0.4) is 0 Å². The Kier molecular flexibility index (Phi) is 7.87. The van der Waals surface area contributed by atoms with Gasteiger partial charge in [0.05, 0.1) is 13.7 Å². The molecule has 0 aliphatic carbocycles. The fourth-order valence-electron chi connectivity index (χ4n) is 3.14. The third-order valence-electron chi connectivity index (χ3n) is 4.54. The summed E-state index contributed by atoms with van der Waals surface area (Å²) in [5.41, 5.74) is 0.0872. The summed E-state index contributed by atoms with van der Waals surface area (Å²) in [7, 11) is 1.22. The lowest BCUT2D eigenvalue weighted by Gasteiger charge is -2.42. The van der Waals surface area contributed by atoms with Crippen molar-refractivity contribution in [2.45, 2.75) is 48.3 Å². The number of aliphatic hydroxyl groups is 1. The van der Waals surface area contributed by atoms with Gasteiger partial charge in [0.15, 0.2) is 12.2 Å². The Morgan fingerprint density at radius 1 is 1.03 bits per heavy atom. The molecule has 8 heteroatoms. The summed E-state index contributed by atoms with van der Waals surface area (Å²) in [6.45, 7) is 1.44. The van der Waals surface area contributed by atoms with Crippen LogP contribution in [0.15, 0.2) is 65.6 Å². The van der Waals surface area contributed by atoms with E-state index in [1.54, 1.807) is 0 Å². The van der Waals surface area contributed by atoms with E-state index in [4.69, 9.17) is 18.9 Å². The highest BCUT2D eigenvalue weighted by Crippen LogP contribution is 2.36. The first-order valence-corrected chi connectivity index (χ1v) is 10.3. The summed E-state index contributed by atoms with van der Waals surface area (Å²) < 4.78 is 22.1. The Balaban J connectivity index is 1.88. The number of hydrogen-bond donors (Lipinski definition) is 1. The summed E-state index contributed by atoms with van der Waals surface area (Å²) in [4.78, 5) is 24.9. The number of hydrogen-bond acceptors (Lipinski definition) is 8. The highest BCUT2D eigenvalue weighted by Gasteiger charge is 2.51. The number of carbonyl (C=O) groups is 2. The van der Waals surface area contributed by atoms with Crippen molar-refractivity contribution in [3.05, 3.63) is 66.2 Å². The van der Waals surface area contributed by atoms with Crippen molar-refractivity contribution in [2.75, 3.05) is 7.11 Å². The molecule has 2 aromatic rings. The fourth-order valence-corrected chi connectivity index (χ4v) is 4.24. The minimum Gasteiger partial charge on any atom is -0.467 e. The van der Waals surface area contributed by atoms with Gasteiger partial charge < -0.3 is 24.1 Å². The van der Waals surface area contributed by atoms with Crippen molar-refractivity contribution in [3.8, 4) is 0 Å². The van der Waals surface area contributed by atoms with E-state index in [1.165, 1.54) is 25.8 Å². The van der Waals surface area contributed by atoms with Crippen molar-refractivity contribution in [2.24, 2.45) is 0 Å². The van der Waals surface area contributed by atoms with E-state index in [-0.39, 0.29) is 6.61 Å². The van der Waals surface area contributed by atoms with Crippen molar-refractivity contribution >= 4 is 23.7 Å². The molecule has 0 amide bonds. The zero-order valence-corrected chi connectivity index (χ0v) is 17.5. The van der Waals surface area contributed by atoms with Crippen LogP contribution < -0.4 is 0 Å². The molecule has 3 rings (SSSR count). The fraction of sp³-hybridized carbons (Fsp3) is 0.364. The zero-order valence-electron chi connectivity index (χ0n) is 16.7. The number of ether oxygens (including phenoxy) is 4. The van der Waals surface area contributed by atoms with Gasteiger partial charge in [-0.3, -0.25) is 4.79 Å². The molecule has 0 saturated carbocycles. The molecular formula is C22H24O7S. The molecule has 160 valence electrons. The Labute approximate surface area is 179 Å². The molecule has 7 nitrogen and oxygen atoms in total. The van der Waals surface area contributed by atoms with E-state index in [0.29, 0.717) is 0 Å². The van der Waals surface area contributed by atoms with Crippen LogP contribution in [0.25, 0.3) is 0 Å². The van der Waals surface area contributed by atoms with Crippen LogP contribution in [0.2, 0.25) is 0 Å². The van der Waals surface area contributed by atoms with E-state index in [9.17, 15) is 14.7 Å². The van der Waals surface area contributed by atoms with Gasteiger partial charge in [-0.05, 0) is 17.7 Å². The molecule has 5 atom stereocenters. The van der Waals surface area contributed by atoms with Crippen LogP contribution >= 0.6 is 11.8 Å². The third-order valence-corrected chi connectivity index (χ3v) is 5.69. The number of aliphatic hydroxyl groups excluding tert-OH is 1. The second-order valence-electron chi connectivity index (χ2n) is 6.70. The Morgan fingerprint density at radius 3 is 2.27 bits per heavy atom. The lowest BCUT2D eigenvalue weighted by Crippen LogP contribution is -2.61. The van der Waals surface area contributed by atoms with Crippen molar-refractivity contribution in [1.82, 2.24) is 0 Å². The molecule has 1 saturated heterocycles. The van der Waals surface area contributed by atoms with Crippen molar-refractivity contribution < 1.29 is 33.6 Å². The molecule has 0 bridgehead atoms. The molecule has 1 fully saturated rings. The number of esters is 2. The second kappa shape index (κ2) is 10.6. The van der Waals surface area contributed by atoms with E-state index in [1.807, 2.05) is 60.7 Å². The molecule has 1 aliphatic heterocycles. The van der Waals surface area contributed by atoms with Gasteiger partial charge in [0.25, 0.3) is 0 Å². The summed E-state index contributed by atoms with van der Waals surface area (Å²) >= 11 is 1.28. The van der Waals surface area contributed by atoms with E-state index in [0.717, 1.165) is 10.5 Å². The number of rotatable bonds is 7. The summed E-state index contributed by atoms with van der Waals surface area (Å²) in [6.07, 6.45) is -4.58. The van der Waals surface area contributed by atoms with Gasteiger partial charge in [0.2, 0.25) is 0 Å². The average molecular weight is 432 g/mol. The van der Waals surface area contributed by atoms with E-state index < -0.39 is 41.8 Å². The van der Waals surface area contributed by atoms with Crippen LogP contribution in [0, 0.1) is 0 Å². The molecule has 1 heterocycles. The van der Waals surface area contributed by atoms with Crippen LogP contribution in [0.1, 0.15) is 12.5 Å². The van der Waals surface area contributed by atoms with Gasteiger partial charge >= 0.3 is 11.9 Å². The highest BCUT2D eigenvalue weighted by molar-refractivity contribution is 7.99. The minimum absolute atomic E-state index is 0.164. The number of benzene rings is 2. The zero-order chi connectivity index (χ0) is 21.5. The quantitative estimate of drug-likeness (QED) is 0.668. The van der Waals surface area contributed by atoms with Gasteiger partial charge in [0.1, 0.15) is 17.6 Å².